The summed E-state index contributed by atoms with van der Waals surface area (Å²) in [6.07, 6.45) is 0. The fraction of sp³-hybridized carbons (Fsp3) is 0.261. The van der Waals surface area contributed by atoms with Crippen molar-refractivity contribution in [3.05, 3.63) is 75.5 Å². The monoisotopic (exact) mass is 498 g/mol. The number of rotatable bonds is 8. The Hall–Kier alpha value is -4.06. The van der Waals surface area contributed by atoms with Crippen molar-refractivity contribution in [1.29, 1.82) is 0 Å². The van der Waals surface area contributed by atoms with Crippen molar-refractivity contribution >= 4 is 40.9 Å². The van der Waals surface area contributed by atoms with Crippen LogP contribution in [0, 0.1) is 10.1 Å². The molecule has 4 rings (SSSR count). The fourth-order valence-corrected chi connectivity index (χ4v) is 4.91. The minimum Gasteiger partial charge on any atom is -0.484 e. The largest absolute Gasteiger partial charge is 0.484 e. The zero-order valence-corrected chi connectivity index (χ0v) is 19.4. The van der Waals surface area contributed by atoms with Crippen molar-refractivity contribution in [3.8, 4) is 5.75 Å². The quantitative estimate of drug-likeness (QED) is 0.183. The van der Waals surface area contributed by atoms with E-state index >= 15 is 0 Å². The van der Waals surface area contributed by atoms with Crippen molar-refractivity contribution in [2.24, 2.45) is 0 Å². The molecule has 35 heavy (non-hydrogen) atoms. The fourth-order valence-electron chi connectivity index (χ4n) is 3.62. The highest BCUT2D eigenvalue weighted by molar-refractivity contribution is 8.00. The van der Waals surface area contributed by atoms with Gasteiger partial charge >= 0.3 is 5.97 Å². The minimum atomic E-state index is -0.784. The van der Waals surface area contributed by atoms with E-state index in [1.54, 1.807) is 31.2 Å². The number of carbonyl (C=O) groups is 3. The Balaban J connectivity index is 1.33. The standard InChI is InChI=1S/C23H22N4O7S/c1-13-12-35-22-19(25-18(28)11-33-17-8-4-15(24)5-9-17)21(29)26(22)20(13)23(30)34-10-14-2-6-16(7-3-14)27(31)32/h2-9,19,22H,10-12,24H2,1H3,(H,25,28)/t19?,22-/m1/s1. The van der Waals surface area contributed by atoms with Gasteiger partial charge in [-0.2, -0.15) is 0 Å². The maximum Gasteiger partial charge on any atom is 0.355 e. The molecule has 0 bridgehead atoms. The summed E-state index contributed by atoms with van der Waals surface area (Å²) < 4.78 is 10.8. The first kappa shape index (κ1) is 24.1. The first-order chi connectivity index (χ1) is 16.7. The number of esters is 1. The zero-order valence-electron chi connectivity index (χ0n) is 18.6. The number of hydrogen-bond donors (Lipinski definition) is 2. The molecular formula is C23H22N4O7S. The summed E-state index contributed by atoms with van der Waals surface area (Å²) in [6.45, 7) is 1.37. The van der Waals surface area contributed by atoms with Gasteiger partial charge in [-0.1, -0.05) is 0 Å². The summed E-state index contributed by atoms with van der Waals surface area (Å²) >= 11 is 1.44. The molecule has 2 amide bonds. The molecule has 2 aromatic carbocycles. The number of nitrogen functional groups attached to an aromatic ring is 1. The number of β-lactam (4-membered cyclic amide) rings is 1. The van der Waals surface area contributed by atoms with E-state index in [4.69, 9.17) is 15.2 Å². The second-order valence-corrected chi connectivity index (χ2v) is 9.05. The predicted molar refractivity (Wildman–Crippen MR) is 127 cm³/mol. The van der Waals surface area contributed by atoms with Crippen molar-refractivity contribution in [2.45, 2.75) is 24.9 Å². The van der Waals surface area contributed by atoms with Crippen LogP contribution in [0.1, 0.15) is 12.5 Å². The lowest BCUT2D eigenvalue weighted by atomic mass is 10.0. The SMILES string of the molecule is CC1=C(C(=O)OCc2ccc([N+](=O)[O-])cc2)N2C(=O)C(NC(=O)COc3ccc(N)cc3)[C@H]2SC1. The molecule has 0 aliphatic carbocycles. The summed E-state index contributed by atoms with van der Waals surface area (Å²) in [7, 11) is 0. The number of hydrogen-bond acceptors (Lipinski definition) is 9. The number of fused-ring (bicyclic) bond motifs is 1. The number of ether oxygens (including phenoxy) is 2. The minimum absolute atomic E-state index is 0.0658. The first-order valence-electron chi connectivity index (χ1n) is 10.6. The molecule has 0 aromatic heterocycles. The molecule has 0 saturated carbocycles. The number of nitro benzene ring substituents is 1. The van der Waals surface area contributed by atoms with E-state index in [0.29, 0.717) is 28.3 Å². The molecule has 0 radical (unpaired) electrons. The summed E-state index contributed by atoms with van der Waals surface area (Å²) in [5.74, 6) is -0.584. The van der Waals surface area contributed by atoms with Crippen LogP contribution >= 0.6 is 11.8 Å². The number of benzene rings is 2. The maximum absolute atomic E-state index is 12.8. The summed E-state index contributed by atoms with van der Waals surface area (Å²) in [5, 5.41) is 13.0. The Morgan fingerprint density at radius 2 is 1.89 bits per heavy atom. The van der Waals surface area contributed by atoms with Crippen molar-refractivity contribution in [2.75, 3.05) is 18.1 Å². The van der Waals surface area contributed by atoms with Gasteiger partial charge in [-0.15, -0.1) is 11.8 Å². The van der Waals surface area contributed by atoms with Gasteiger partial charge in [0.05, 0.1) is 4.92 Å². The van der Waals surface area contributed by atoms with Gasteiger partial charge < -0.3 is 20.5 Å². The second-order valence-electron chi connectivity index (χ2n) is 7.94. The van der Waals surface area contributed by atoms with Crippen molar-refractivity contribution in [1.82, 2.24) is 10.2 Å². The third-order valence-electron chi connectivity index (χ3n) is 5.44. The lowest BCUT2D eigenvalue weighted by Gasteiger charge is -2.49. The average Bonchev–Trinajstić information content (AvgIpc) is 2.85. The van der Waals surface area contributed by atoms with Crippen LogP contribution in [0.4, 0.5) is 11.4 Å². The Morgan fingerprint density at radius 1 is 1.20 bits per heavy atom. The topological polar surface area (TPSA) is 154 Å². The van der Waals surface area contributed by atoms with Crippen molar-refractivity contribution < 1.29 is 28.8 Å². The highest BCUT2D eigenvalue weighted by atomic mass is 32.2. The van der Waals surface area contributed by atoms with Gasteiger partial charge in [-0.05, 0) is 54.5 Å². The number of thioether (sulfide) groups is 1. The molecule has 2 atom stereocenters. The maximum atomic E-state index is 12.8. The number of nitrogens with two attached hydrogens (primary N) is 1. The van der Waals surface area contributed by atoms with Crippen LogP contribution in [0.2, 0.25) is 0 Å². The summed E-state index contributed by atoms with van der Waals surface area (Å²) in [6, 6.07) is 11.4. The highest BCUT2D eigenvalue weighted by Gasteiger charge is 2.54. The van der Waals surface area contributed by atoms with Gasteiger partial charge in [0, 0.05) is 23.6 Å². The Morgan fingerprint density at radius 3 is 2.54 bits per heavy atom. The van der Waals surface area contributed by atoms with Crippen LogP contribution in [0.5, 0.6) is 5.75 Å². The Bertz CT molecular complexity index is 1200. The van der Waals surface area contributed by atoms with Crippen LogP contribution in [0.3, 0.4) is 0 Å². The molecule has 12 heteroatoms. The molecule has 3 N–H and O–H groups in total. The van der Waals surface area contributed by atoms with E-state index in [1.165, 1.54) is 40.9 Å². The molecule has 2 aliphatic rings. The third-order valence-corrected chi connectivity index (χ3v) is 6.86. The normalized spacial score (nSPS) is 18.9. The lowest BCUT2D eigenvalue weighted by Crippen LogP contribution is -2.70. The number of non-ortho nitro benzene ring substituents is 1. The third kappa shape index (κ3) is 5.22. The molecular weight excluding hydrogens is 476 g/mol. The number of carbonyl (C=O) groups excluding carboxylic acids is 3. The molecule has 2 heterocycles. The zero-order chi connectivity index (χ0) is 25.1. The van der Waals surface area contributed by atoms with Gasteiger partial charge in [0.2, 0.25) is 0 Å². The number of nitrogens with one attached hydrogen (secondary N) is 1. The van der Waals surface area contributed by atoms with Crippen LogP contribution in [-0.2, 0) is 25.7 Å². The first-order valence-corrected chi connectivity index (χ1v) is 11.6. The van der Waals surface area contributed by atoms with E-state index in [1.807, 2.05) is 0 Å². The Labute approximate surface area is 204 Å². The van der Waals surface area contributed by atoms with Crippen LogP contribution < -0.4 is 15.8 Å². The molecule has 1 saturated heterocycles. The summed E-state index contributed by atoms with van der Waals surface area (Å²) in [5.41, 5.74) is 7.54. The smallest absolute Gasteiger partial charge is 0.355 e. The lowest BCUT2D eigenvalue weighted by molar-refractivity contribution is -0.384. The van der Waals surface area contributed by atoms with Gasteiger partial charge in [-0.25, -0.2) is 4.79 Å². The second kappa shape index (κ2) is 10.1. The van der Waals surface area contributed by atoms with Crippen LogP contribution in [0.15, 0.2) is 59.8 Å². The van der Waals surface area contributed by atoms with Crippen LogP contribution in [0.25, 0.3) is 0 Å². The number of nitrogens with zero attached hydrogens (tertiary/aromatic N) is 2. The predicted octanol–water partition coefficient (Wildman–Crippen LogP) is 1.97. The molecule has 1 unspecified atom stereocenters. The Kier molecular flexibility index (Phi) is 6.92. The van der Waals surface area contributed by atoms with Gasteiger partial charge in [0.1, 0.15) is 29.5 Å². The van der Waals surface area contributed by atoms with Crippen LogP contribution in [-0.4, -0.2) is 51.4 Å². The molecule has 2 aliphatic heterocycles. The van der Waals surface area contributed by atoms with E-state index in [0.717, 1.165) is 0 Å². The molecule has 1 fully saturated rings. The number of anilines is 1. The average molecular weight is 499 g/mol. The van der Waals surface area contributed by atoms with Gasteiger partial charge in [0.15, 0.2) is 6.61 Å². The molecule has 11 nitrogen and oxygen atoms in total. The van der Waals surface area contributed by atoms with Crippen molar-refractivity contribution in [3.63, 3.8) is 0 Å². The molecule has 0 spiro atoms. The number of amides is 2. The molecule has 2 aromatic rings. The van der Waals surface area contributed by atoms with E-state index in [9.17, 15) is 24.5 Å². The summed E-state index contributed by atoms with van der Waals surface area (Å²) in [4.78, 5) is 49.5. The molecule has 182 valence electrons. The number of nitro groups is 1. The van der Waals surface area contributed by atoms with Gasteiger partial charge in [0.25, 0.3) is 17.5 Å². The highest BCUT2D eigenvalue weighted by Crippen LogP contribution is 2.40. The van der Waals surface area contributed by atoms with E-state index < -0.39 is 34.1 Å². The van der Waals surface area contributed by atoms with Gasteiger partial charge in [-0.3, -0.25) is 24.6 Å². The van der Waals surface area contributed by atoms with E-state index in [2.05, 4.69) is 5.32 Å². The van der Waals surface area contributed by atoms with E-state index in [-0.39, 0.29) is 24.6 Å².